The average Bonchev–Trinajstić information content (AvgIpc) is 2.31. The Kier molecular flexibility index (Phi) is 3.38. The molecule has 0 unspecified atom stereocenters. The Morgan fingerprint density at radius 1 is 1.20 bits per heavy atom. The van der Waals surface area contributed by atoms with Crippen LogP contribution in [0.5, 0.6) is 0 Å². The van der Waals surface area contributed by atoms with E-state index in [-0.39, 0.29) is 11.8 Å². The van der Waals surface area contributed by atoms with Gasteiger partial charge < -0.3 is 5.32 Å². The van der Waals surface area contributed by atoms with Crippen molar-refractivity contribution in [1.82, 2.24) is 0 Å². The fourth-order valence-electron chi connectivity index (χ4n) is 2.08. The second-order valence-electron chi connectivity index (χ2n) is 4.11. The minimum Gasteiger partial charge on any atom is -0.326 e. The topological polar surface area (TPSA) is 29.1 Å². The maximum absolute atomic E-state index is 11.8. The van der Waals surface area contributed by atoms with Crippen LogP contribution in [-0.4, -0.2) is 5.91 Å². The van der Waals surface area contributed by atoms with E-state index in [9.17, 15) is 4.79 Å². The molecule has 0 atom stereocenters. The van der Waals surface area contributed by atoms with Crippen molar-refractivity contribution < 1.29 is 4.79 Å². The van der Waals surface area contributed by atoms with Crippen LogP contribution in [0.15, 0.2) is 24.3 Å². The van der Waals surface area contributed by atoms with Crippen molar-refractivity contribution in [2.24, 2.45) is 5.92 Å². The van der Waals surface area contributed by atoms with E-state index in [0.29, 0.717) is 0 Å². The molecule has 2 rings (SSSR count). The van der Waals surface area contributed by atoms with Crippen LogP contribution in [0.1, 0.15) is 32.1 Å². The molecule has 1 aromatic carbocycles. The minimum atomic E-state index is 0.181. The Hall–Kier alpha value is -1.31. The molecular weight excluding hydrogens is 186 g/mol. The third kappa shape index (κ3) is 2.82. The zero-order valence-corrected chi connectivity index (χ0v) is 8.83. The van der Waals surface area contributed by atoms with Gasteiger partial charge in [0.1, 0.15) is 0 Å². The summed E-state index contributed by atoms with van der Waals surface area (Å²) in [4.78, 5) is 11.8. The monoisotopic (exact) mass is 202 g/mol. The van der Waals surface area contributed by atoms with Crippen LogP contribution in [0.3, 0.4) is 0 Å². The molecule has 2 nitrogen and oxygen atoms in total. The highest BCUT2D eigenvalue weighted by atomic mass is 16.1. The Morgan fingerprint density at radius 2 is 1.87 bits per heavy atom. The maximum Gasteiger partial charge on any atom is 0.227 e. The Balaban J connectivity index is 1.91. The van der Waals surface area contributed by atoms with Crippen molar-refractivity contribution in [3.8, 4) is 0 Å². The van der Waals surface area contributed by atoms with E-state index in [4.69, 9.17) is 0 Å². The molecule has 0 aliphatic heterocycles. The van der Waals surface area contributed by atoms with E-state index in [1.807, 2.05) is 24.3 Å². The number of hydrogen-bond donors (Lipinski definition) is 1. The lowest BCUT2D eigenvalue weighted by Gasteiger charge is -2.20. The first-order chi connectivity index (χ1) is 7.36. The van der Waals surface area contributed by atoms with Crippen LogP contribution < -0.4 is 5.32 Å². The predicted octanol–water partition coefficient (Wildman–Crippen LogP) is 3.01. The number of benzene rings is 1. The first-order valence-corrected chi connectivity index (χ1v) is 5.63. The lowest BCUT2D eigenvalue weighted by molar-refractivity contribution is -0.120. The first-order valence-electron chi connectivity index (χ1n) is 5.63. The summed E-state index contributed by atoms with van der Waals surface area (Å²) in [5.74, 6) is 0.406. The van der Waals surface area contributed by atoms with Crippen LogP contribution in [0, 0.1) is 12.0 Å². The van der Waals surface area contributed by atoms with Crippen molar-refractivity contribution in [3.63, 3.8) is 0 Å². The highest BCUT2D eigenvalue weighted by Gasteiger charge is 2.20. The van der Waals surface area contributed by atoms with Gasteiger partial charge in [0.15, 0.2) is 0 Å². The van der Waals surface area contributed by atoms with Crippen LogP contribution >= 0.6 is 0 Å². The minimum absolute atomic E-state index is 0.181. The lowest BCUT2D eigenvalue weighted by Crippen LogP contribution is -2.24. The summed E-state index contributed by atoms with van der Waals surface area (Å²) in [7, 11) is 0. The molecule has 0 heterocycles. The average molecular weight is 202 g/mol. The van der Waals surface area contributed by atoms with Crippen LogP contribution in [0.25, 0.3) is 0 Å². The van der Waals surface area contributed by atoms with Gasteiger partial charge >= 0.3 is 0 Å². The Bertz CT molecular complexity index is 315. The van der Waals surface area contributed by atoms with Crippen LogP contribution in [-0.2, 0) is 4.79 Å². The summed E-state index contributed by atoms with van der Waals surface area (Å²) in [5, 5.41) is 2.95. The highest BCUT2D eigenvalue weighted by molar-refractivity contribution is 5.92. The summed E-state index contributed by atoms with van der Waals surface area (Å²) in [6, 6.07) is 10.3. The fraction of sp³-hybridized carbons (Fsp3) is 0.462. The van der Waals surface area contributed by atoms with E-state index in [0.717, 1.165) is 18.5 Å². The molecule has 1 fully saturated rings. The number of nitrogens with one attached hydrogen (secondary N) is 1. The number of anilines is 1. The molecule has 0 saturated heterocycles. The molecule has 1 N–H and O–H groups in total. The molecule has 0 spiro atoms. The summed E-state index contributed by atoms with van der Waals surface area (Å²) in [6.07, 6.45) is 5.76. The molecule has 15 heavy (non-hydrogen) atoms. The molecule has 1 radical (unpaired) electrons. The van der Waals surface area contributed by atoms with Crippen molar-refractivity contribution in [1.29, 1.82) is 0 Å². The molecule has 1 saturated carbocycles. The molecule has 0 bridgehead atoms. The van der Waals surface area contributed by atoms with Crippen molar-refractivity contribution >= 4 is 11.6 Å². The van der Waals surface area contributed by atoms with Gasteiger partial charge in [-0.15, -0.1) is 0 Å². The van der Waals surface area contributed by atoms with Gasteiger partial charge in [0.05, 0.1) is 0 Å². The predicted molar refractivity (Wildman–Crippen MR) is 60.5 cm³/mol. The molecule has 2 heteroatoms. The second kappa shape index (κ2) is 4.96. The number of carbonyl (C=O) groups excluding carboxylic acids is 1. The number of hydrogen-bond acceptors (Lipinski definition) is 1. The second-order valence-corrected chi connectivity index (χ2v) is 4.11. The van der Waals surface area contributed by atoms with Gasteiger partial charge in [0.25, 0.3) is 0 Å². The van der Waals surface area contributed by atoms with E-state index in [2.05, 4.69) is 11.4 Å². The summed E-state index contributed by atoms with van der Waals surface area (Å²) < 4.78 is 0. The first kappa shape index (κ1) is 10.2. The molecule has 79 valence electrons. The number of amides is 1. The normalized spacial score (nSPS) is 17.3. The molecule has 1 amide bonds. The van der Waals surface area contributed by atoms with Gasteiger partial charge in [-0.05, 0) is 31.0 Å². The highest BCUT2D eigenvalue weighted by Crippen LogP contribution is 2.24. The maximum atomic E-state index is 11.8. The Labute approximate surface area is 90.7 Å². The number of rotatable bonds is 2. The third-order valence-electron chi connectivity index (χ3n) is 2.96. The molecular formula is C13H16NO. The van der Waals surface area contributed by atoms with E-state index in [1.165, 1.54) is 19.3 Å². The molecule has 1 aromatic rings. The van der Waals surface area contributed by atoms with Gasteiger partial charge in [0, 0.05) is 11.6 Å². The summed E-state index contributed by atoms with van der Waals surface area (Å²) in [5.41, 5.74) is 0.879. The van der Waals surface area contributed by atoms with Crippen molar-refractivity contribution in [2.45, 2.75) is 32.1 Å². The largest absolute Gasteiger partial charge is 0.326 e. The lowest BCUT2D eigenvalue weighted by atomic mass is 9.88. The van der Waals surface area contributed by atoms with Gasteiger partial charge in [0.2, 0.25) is 5.91 Å². The van der Waals surface area contributed by atoms with E-state index < -0.39 is 0 Å². The van der Waals surface area contributed by atoms with Gasteiger partial charge in [-0.3, -0.25) is 4.79 Å². The van der Waals surface area contributed by atoms with E-state index in [1.54, 1.807) is 0 Å². The summed E-state index contributed by atoms with van der Waals surface area (Å²) in [6.45, 7) is 0. The fourth-order valence-corrected chi connectivity index (χ4v) is 2.08. The zero-order chi connectivity index (χ0) is 10.5. The third-order valence-corrected chi connectivity index (χ3v) is 2.96. The van der Waals surface area contributed by atoms with Gasteiger partial charge in [-0.2, -0.15) is 0 Å². The SMILES string of the molecule is O=C(Nc1cc[c]cc1)C1CCCCC1. The molecule has 1 aliphatic carbocycles. The quantitative estimate of drug-likeness (QED) is 0.784. The smallest absolute Gasteiger partial charge is 0.227 e. The van der Waals surface area contributed by atoms with Crippen molar-refractivity contribution in [3.05, 3.63) is 30.3 Å². The van der Waals surface area contributed by atoms with Gasteiger partial charge in [-0.25, -0.2) is 0 Å². The van der Waals surface area contributed by atoms with Crippen molar-refractivity contribution in [2.75, 3.05) is 5.32 Å². The van der Waals surface area contributed by atoms with Crippen LogP contribution in [0.2, 0.25) is 0 Å². The zero-order valence-electron chi connectivity index (χ0n) is 8.83. The molecule has 0 aromatic heterocycles. The van der Waals surface area contributed by atoms with E-state index >= 15 is 0 Å². The standard InChI is InChI=1S/C13H16NO/c15-13(11-7-3-1-4-8-11)14-12-9-5-2-6-10-12/h5-6,9-11H,1,3-4,7-8H2,(H,14,15). The van der Waals surface area contributed by atoms with Gasteiger partial charge in [-0.1, -0.05) is 31.4 Å². The Morgan fingerprint density at radius 3 is 2.53 bits per heavy atom. The number of carbonyl (C=O) groups is 1. The van der Waals surface area contributed by atoms with Crippen LogP contribution in [0.4, 0.5) is 5.69 Å². The summed E-state index contributed by atoms with van der Waals surface area (Å²) >= 11 is 0. The molecule has 1 aliphatic rings.